The van der Waals surface area contributed by atoms with Crippen LogP contribution in [0.5, 0.6) is 0 Å². The molecule has 0 aliphatic heterocycles. The summed E-state index contributed by atoms with van der Waals surface area (Å²) in [6.07, 6.45) is 0. The van der Waals surface area contributed by atoms with Crippen LogP contribution in [0.3, 0.4) is 0 Å². The second-order valence-corrected chi connectivity index (χ2v) is 3.53. The maximum Gasteiger partial charge on any atom is 0.142 e. The third-order valence-electron chi connectivity index (χ3n) is 2.08. The molecule has 0 aliphatic rings. The number of hydrogen-bond donors (Lipinski definition) is 1. The Hall–Kier alpha value is -1.19. The van der Waals surface area contributed by atoms with E-state index in [2.05, 4.69) is 9.97 Å². The molecule has 0 aliphatic carbocycles. The summed E-state index contributed by atoms with van der Waals surface area (Å²) in [4.78, 5) is 8.57. The van der Waals surface area contributed by atoms with Gasteiger partial charge in [-0.05, 0) is 25.1 Å². The molecule has 1 aromatic heterocycles. The van der Waals surface area contributed by atoms with Gasteiger partial charge in [-0.1, -0.05) is 11.6 Å². The molecule has 2 N–H and O–H groups in total. The van der Waals surface area contributed by atoms with E-state index in [-0.39, 0.29) is 0 Å². The van der Waals surface area contributed by atoms with E-state index >= 15 is 0 Å². The van der Waals surface area contributed by atoms with E-state index in [1.54, 1.807) is 0 Å². The van der Waals surface area contributed by atoms with Crippen LogP contribution in [0, 0.1) is 6.92 Å². The van der Waals surface area contributed by atoms with Crippen molar-refractivity contribution in [1.82, 2.24) is 9.97 Å². The molecule has 1 heterocycles. The maximum absolute atomic E-state index is 5.88. The van der Waals surface area contributed by atoms with E-state index in [9.17, 15) is 0 Å². The average molecular weight is 208 g/mol. The highest BCUT2D eigenvalue weighted by molar-refractivity contribution is 6.31. The molecule has 1 aromatic carbocycles. The summed E-state index contributed by atoms with van der Waals surface area (Å²) in [5.74, 6) is 0.664. The Kier molecular flexibility index (Phi) is 2.35. The average Bonchev–Trinajstić information content (AvgIpc) is 2.19. The zero-order valence-electron chi connectivity index (χ0n) is 7.79. The second-order valence-electron chi connectivity index (χ2n) is 3.09. The fourth-order valence-electron chi connectivity index (χ4n) is 1.40. The van der Waals surface area contributed by atoms with Gasteiger partial charge in [0.1, 0.15) is 5.82 Å². The first kappa shape index (κ1) is 9.37. The minimum atomic E-state index is 0.361. The number of aromatic nitrogens is 2. The molecular formula is C10H10ClN3. The van der Waals surface area contributed by atoms with Crippen LogP contribution in [0.1, 0.15) is 11.5 Å². The van der Waals surface area contributed by atoms with Crippen molar-refractivity contribution < 1.29 is 0 Å². The number of halogens is 1. The first-order chi connectivity index (χ1) is 6.70. The van der Waals surface area contributed by atoms with Crippen LogP contribution in [-0.4, -0.2) is 9.97 Å². The third-order valence-corrected chi connectivity index (χ3v) is 2.31. The van der Waals surface area contributed by atoms with Gasteiger partial charge in [0.2, 0.25) is 0 Å². The third kappa shape index (κ3) is 1.56. The van der Waals surface area contributed by atoms with Crippen molar-refractivity contribution in [2.24, 2.45) is 5.73 Å². The first-order valence-corrected chi connectivity index (χ1v) is 4.71. The fourth-order valence-corrected chi connectivity index (χ4v) is 1.58. The topological polar surface area (TPSA) is 51.8 Å². The molecule has 0 bridgehead atoms. The molecular weight excluding hydrogens is 198 g/mol. The Bertz CT molecular complexity index is 482. The van der Waals surface area contributed by atoms with Gasteiger partial charge in [-0.3, -0.25) is 0 Å². The largest absolute Gasteiger partial charge is 0.324 e. The smallest absolute Gasteiger partial charge is 0.142 e. The first-order valence-electron chi connectivity index (χ1n) is 4.33. The summed E-state index contributed by atoms with van der Waals surface area (Å²) < 4.78 is 0. The van der Waals surface area contributed by atoms with E-state index in [0.717, 1.165) is 16.6 Å². The van der Waals surface area contributed by atoms with Gasteiger partial charge in [-0.25, -0.2) is 9.97 Å². The van der Waals surface area contributed by atoms with E-state index in [1.165, 1.54) is 0 Å². The standard InChI is InChI=1S/C10H10ClN3/c1-6-8-4-7(11)2-3-9(8)14-10(5-12)13-6/h2-4H,5,12H2,1H3. The van der Waals surface area contributed by atoms with Gasteiger partial charge in [0.25, 0.3) is 0 Å². The zero-order valence-corrected chi connectivity index (χ0v) is 8.54. The summed E-state index contributed by atoms with van der Waals surface area (Å²) in [5.41, 5.74) is 7.29. The molecule has 4 heteroatoms. The van der Waals surface area contributed by atoms with Gasteiger partial charge >= 0.3 is 0 Å². The number of nitrogens with two attached hydrogens (primary N) is 1. The van der Waals surface area contributed by atoms with Crippen molar-refractivity contribution in [2.45, 2.75) is 13.5 Å². The molecule has 0 spiro atoms. The molecule has 0 saturated heterocycles. The molecule has 2 aromatic rings. The van der Waals surface area contributed by atoms with Gasteiger partial charge in [0.05, 0.1) is 12.1 Å². The highest BCUT2D eigenvalue weighted by Crippen LogP contribution is 2.19. The summed E-state index contributed by atoms with van der Waals surface area (Å²) in [6, 6.07) is 5.56. The van der Waals surface area contributed by atoms with E-state index in [0.29, 0.717) is 17.4 Å². The SMILES string of the molecule is Cc1nc(CN)nc2ccc(Cl)cc12. The molecule has 0 atom stereocenters. The number of hydrogen-bond acceptors (Lipinski definition) is 3. The fraction of sp³-hybridized carbons (Fsp3) is 0.200. The van der Waals surface area contributed by atoms with Crippen molar-refractivity contribution in [3.8, 4) is 0 Å². The molecule has 0 radical (unpaired) electrons. The van der Waals surface area contributed by atoms with Gasteiger partial charge in [-0.15, -0.1) is 0 Å². The van der Waals surface area contributed by atoms with Crippen molar-refractivity contribution in [2.75, 3.05) is 0 Å². The van der Waals surface area contributed by atoms with Crippen LogP contribution in [-0.2, 0) is 6.54 Å². The predicted molar refractivity (Wildman–Crippen MR) is 57.2 cm³/mol. The Morgan fingerprint density at radius 1 is 1.36 bits per heavy atom. The second kappa shape index (κ2) is 3.52. The number of fused-ring (bicyclic) bond motifs is 1. The highest BCUT2D eigenvalue weighted by Gasteiger charge is 2.03. The molecule has 0 unspecified atom stereocenters. The van der Waals surface area contributed by atoms with E-state index < -0.39 is 0 Å². The monoisotopic (exact) mass is 207 g/mol. The molecule has 2 rings (SSSR count). The van der Waals surface area contributed by atoms with Crippen LogP contribution < -0.4 is 5.73 Å². The molecule has 0 saturated carbocycles. The number of rotatable bonds is 1. The van der Waals surface area contributed by atoms with Crippen LogP contribution in [0.15, 0.2) is 18.2 Å². The quantitative estimate of drug-likeness (QED) is 0.779. The lowest BCUT2D eigenvalue weighted by atomic mass is 10.2. The minimum Gasteiger partial charge on any atom is -0.324 e. The predicted octanol–water partition coefficient (Wildman–Crippen LogP) is 2.05. The summed E-state index contributed by atoms with van der Waals surface area (Å²) in [7, 11) is 0. The van der Waals surface area contributed by atoms with Gasteiger partial charge < -0.3 is 5.73 Å². The summed E-state index contributed by atoms with van der Waals surface area (Å²) in [6.45, 7) is 2.29. The van der Waals surface area contributed by atoms with Crippen molar-refractivity contribution >= 4 is 22.5 Å². The Balaban J connectivity index is 2.76. The minimum absolute atomic E-state index is 0.361. The molecule has 0 amide bonds. The Morgan fingerprint density at radius 2 is 2.14 bits per heavy atom. The van der Waals surface area contributed by atoms with E-state index in [1.807, 2.05) is 25.1 Å². The lowest BCUT2D eigenvalue weighted by Crippen LogP contribution is -2.04. The van der Waals surface area contributed by atoms with Crippen LogP contribution in [0.2, 0.25) is 5.02 Å². The van der Waals surface area contributed by atoms with Crippen molar-refractivity contribution in [1.29, 1.82) is 0 Å². The lowest BCUT2D eigenvalue weighted by Gasteiger charge is -2.03. The number of nitrogens with zero attached hydrogens (tertiary/aromatic N) is 2. The summed E-state index contributed by atoms with van der Waals surface area (Å²) in [5, 5.41) is 1.68. The van der Waals surface area contributed by atoms with E-state index in [4.69, 9.17) is 17.3 Å². The van der Waals surface area contributed by atoms with Crippen LogP contribution in [0.4, 0.5) is 0 Å². The summed E-state index contributed by atoms with van der Waals surface area (Å²) >= 11 is 5.88. The maximum atomic E-state index is 5.88. The van der Waals surface area contributed by atoms with Gasteiger partial charge in [-0.2, -0.15) is 0 Å². The molecule has 3 nitrogen and oxygen atoms in total. The lowest BCUT2D eigenvalue weighted by molar-refractivity contribution is 0.911. The molecule has 14 heavy (non-hydrogen) atoms. The number of aryl methyl sites for hydroxylation is 1. The van der Waals surface area contributed by atoms with Crippen LogP contribution >= 0.6 is 11.6 Å². The zero-order chi connectivity index (χ0) is 10.1. The Labute approximate surface area is 86.9 Å². The normalized spacial score (nSPS) is 10.8. The van der Waals surface area contributed by atoms with Gasteiger partial charge in [0.15, 0.2) is 0 Å². The Morgan fingerprint density at radius 3 is 2.86 bits per heavy atom. The van der Waals surface area contributed by atoms with Crippen LogP contribution in [0.25, 0.3) is 10.9 Å². The van der Waals surface area contributed by atoms with Crippen molar-refractivity contribution in [3.05, 3.63) is 34.7 Å². The molecule has 0 fully saturated rings. The number of benzene rings is 1. The highest BCUT2D eigenvalue weighted by atomic mass is 35.5. The van der Waals surface area contributed by atoms with Crippen molar-refractivity contribution in [3.63, 3.8) is 0 Å². The van der Waals surface area contributed by atoms with Gasteiger partial charge in [0, 0.05) is 16.1 Å². The molecule has 72 valence electrons.